The molecule has 1 amide bonds. The van der Waals surface area contributed by atoms with Crippen molar-refractivity contribution in [1.29, 1.82) is 0 Å². The van der Waals surface area contributed by atoms with Gasteiger partial charge in [-0.1, -0.05) is 12.1 Å². The Morgan fingerprint density at radius 3 is 2.46 bits per heavy atom. The fourth-order valence-electron chi connectivity index (χ4n) is 2.43. The normalized spacial score (nSPS) is 11.1. The van der Waals surface area contributed by atoms with Crippen molar-refractivity contribution in [1.82, 2.24) is 4.72 Å². The highest BCUT2D eigenvalue weighted by Crippen LogP contribution is 2.15. The highest BCUT2D eigenvalue weighted by Gasteiger charge is 2.15. The number of amides is 1. The van der Waals surface area contributed by atoms with Crippen LogP contribution in [0.2, 0.25) is 0 Å². The van der Waals surface area contributed by atoms with E-state index in [4.69, 9.17) is 4.74 Å². The number of esters is 1. The lowest BCUT2D eigenvalue weighted by molar-refractivity contribution is -0.116. The van der Waals surface area contributed by atoms with Gasteiger partial charge in [-0.3, -0.25) is 4.79 Å². The zero-order valence-corrected chi connectivity index (χ0v) is 16.9. The molecule has 0 radical (unpaired) electrons. The number of sulfonamides is 1. The van der Waals surface area contributed by atoms with Crippen LogP contribution >= 0.6 is 0 Å². The molecule has 0 fully saturated rings. The van der Waals surface area contributed by atoms with Crippen molar-refractivity contribution < 1.29 is 22.7 Å². The maximum absolute atomic E-state index is 12.3. The quantitative estimate of drug-likeness (QED) is 0.659. The molecule has 0 bridgehead atoms. The molecule has 150 valence electrons. The Kier molecular flexibility index (Phi) is 7.31. The summed E-state index contributed by atoms with van der Waals surface area (Å²) >= 11 is 0. The Labute approximate surface area is 165 Å². The lowest BCUT2D eigenvalue weighted by Gasteiger charge is -2.10. The molecular formula is C20H24N2O5S. The highest BCUT2D eigenvalue weighted by molar-refractivity contribution is 7.89. The number of anilines is 1. The summed E-state index contributed by atoms with van der Waals surface area (Å²) in [6, 6.07) is 11.2. The molecule has 0 saturated carbocycles. The van der Waals surface area contributed by atoms with Crippen LogP contribution in [0.25, 0.3) is 0 Å². The standard InChI is InChI=1S/C20H24N2O5S/c1-4-27-20(24)16-6-5-7-17(13-16)22-19(23)10-11-21-28(25,26)18-9-8-14(2)15(3)12-18/h5-9,12-13,21H,4,10-11H2,1-3H3,(H,22,23). The second-order valence-electron chi connectivity index (χ2n) is 6.24. The van der Waals surface area contributed by atoms with Gasteiger partial charge < -0.3 is 10.1 Å². The van der Waals surface area contributed by atoms with Crippen molar-refractivity contribution in [3.05, 3.63) is 59.2 Å². The summed E-state index contributed by atoms with van der Waals surface area (Å²) in [4.78, 5) is 24.0. The maximum Gasteiger partial charge on any atom is 0.338 e. The molecule has 2 rings (SSSR count). The molecule has 0 aliphatic carbocycles. The first-order chi connectivity index (χ1) is 13.2. The third-order valence-electron chi connectivity index (χ3n) is 4.09. The molecule has 2 aromatic rings. The van der Waals surface area contributed by atoms with Gasteiger partial charge in [-0.15, -0.1) is 0 Å². The maximum atomic E-state index is 12.3. The largest absolute Gasteiger partial charge is 0.462 e. The molecule has 0 aliphatic heterocycles. The summed E-state index contributed by atoms with van der Waals surface area (Å²) < 4.78 is 32.0. The minimum atomic E-state index is -3.68. The number of hydrogen-bond donors (Lipinski definition) is 2. The van der Waals surface area contributed by atoms with Crippen LogP contribution in [-0.4, -0.2) is 33.4 Å². The van der Waals surface area contributed by atoms with Crippen LogP contribution in [0.5, 0.6) is 0 Å². The van der Waals surface area contributed by atoms with Crippen molar-refractivity contribution in [3.63, 3.8) is 0 Å². The van der Waals surface area contributed by atoms with Gasteiger partial charge in [0.05, 0.1) is 17.1 Å². The predicted octanol–water partition coefficient (Wildman–Crippen LogP) is 2.79. The molecule has 0 atom stereocenters. The second-order valence-corrected chi connectivity index (χ2v) is 8.01. The highest BCUT2D eigenvalue weighted by atomic mass is 32.2. The Bertz CT molecular complexity index is 970. The molecule has 7 nitrogen and oxygen atoms in total. The van der Waals surface area contributed by atoms with E-state index in [0.717, 1.165) is 11.1 Å². The zero-order chi connectivity index (χ0) is 20.7. The van der Waals surface area contributed by atoms with Gasteiger partial charge in [-0.2, -0.15) is 0 Å². The summed E-state index contributed by atoms with van der Waals surface area (Å²) in [6.45, 7) is 5.67. The predicted molar refractivity (Wildman–Crippen MR) is 107 cm³/mol. The van der Waals surface area contributed by atoms with Crippen molar-refractivity contribution in [3.8, 4) is 0 Å². The topological polar surface area (TPSA) is 102 Å². The van der Waals surface area contributed by atoms with E-state index in [1.165, 1.54) is 12.1 Å². The summed E-state index contributed by atoms with van der Waals surface area (Å²) in [5.74, 6) is -0.844. The molecule has 0 aromatic heterocycles. The summed E-state index contributed by atoms with van der Waals surface area (Å²) in [6.07, 6.45) is -0.0479. The van der Waals surface area contributed by atoms with E-state index in [-0.39, 0.29) is 30.4 Å². The molecule has 28 heavy (non-hydrogen) atoms. The Morgan fingerprint density at radius 2 is 1.79 bits per heavy atom. The van der Waals surface area contributed by atoms with Gasteiger partial charge in [0, 0.05) is 18.7 Å². The average molecular weight is 404 g/mol. The van der Waals surface area contributed by atoms with Gasteiger partial charge in [0.2, 0.25) is 15.9 Å². The van der Waals surface area contributed by atoms with Crippen molar-refractivity contribution in [2.24, 2.45) is 0 Å². The average Bonchev–Trinajstić information content (AvgIpc) is 2.64. The van der Waals surface area contributed by atoms with Gasteiger partial charge in [0.15, 0.2) is 0 Å². The van der Waals surface area contributed by atoms with Crippen LogP contribution in [-0.2, 0) is 19.6 Å². The Hall–Kier alpha value is -2.71. The summed E-state index contributed by atoms with van der Waals surface area (Å²) in [5.41, 5.74) is 2.65. The van der Waals surface area contributed by atoms with Crippen LogP contribution in [0, 0.1) is 13.8 Å². The van der Waals surface area contributed by atoms with E-state index in [1.54, 1.807) is 37.3 Å². The second kappa shape index (κ2) is 9.48. The van der Waals surface area contributed by atoms with Crippen molar-refractivity contribution >= 4 is 27.6 Å². The van der Waals surface area contributed by atoms with Gasteiger partial charge in [0.1, 0.15) is 0 Å². The van der Waals surface area contributed by atoms with E-state index < -0.39 is 16.0 Å². The molecule has 0 unspecified atom stereocenters. The first-order valence-corrected chi connectivity index (χ1v) is 10.3. The Morgan fingerprint density at radius 1 is 1.04 bits per heavy atom. The van der Waals surface area contributed by atoms with Crippen LogP contribution in [0.3, 0.4) is 0 Å². The fourth-order valence-corrected chi connectivity index (χ4v) is 3.54. The summed E-state index contributed by atoms with van der Waals surface area (Å²) in [7, 11) is -3.68. The lowest BCUT2D eigenvalue weighted by atomic mass is 10.1. The first-order valence-electron chi connectivity index (χ1n) is 8.87. The number of carbonyl (C=O) groups is 2. The van der Waals surface area contributed by atoms with Crippen LogP contribution < -0.4 is 10.0 Å². The van der Waals surface area contributed by atoms with Crippen LogP contribution in [0.4, 0.5) is 5.69 Å². The van der Waals surface area contributed by atoms with Gasteiger partial charge in [-0.05, 0) is 62.2 Å². The number of carbonyl (C=O) groups excluding carboxylic acids is 2. The first kappa shape index (κ1) is 21.6. The van der Waals surface area contributed by atoms with E-state index in [9.17, 15) is 18.0 Å². The lowest BCUT2D eigenvalue weighted by Crippen LogP contribution is -2.28. The number of ether oxygens (including phenoxy) is 1. The van der Waals surface area contributed by atoms with E-state index in [1.807, 2.05) is 13.8 Å². The fraction of sp³-hybridized carbons (Fsp3) is 0.300. The molecule has 0 spiro atoms. The number of aryl methyl sites for hydroxylation is 2. The smallest absolute Gasteiger partial charge is 0.338 e. The van der Waals surface area contributed by atoms with E-state index in [2.05, 4.69) is 10.0 Å². The minimum absolute atomic E-state index is 0.0430. The van der Waals surface area contributed by atoms with Crippen molar-refractivity contribution in [2.75, 3.05) is 18.5 Å². The van der Waals surface area contributed by atoms with Crippen LogP contribution in [0.15, 0.2) is 47.4 Å². The third-order valence-corrected chi connectivity index (χ3v) is 5.55. The van der Waals surface area contributed by atoms with Gasteiger partial charge in [-0.25, -0.2) is 17.9 Å². The Balaban J connectivity index is 1.91. The van der Waals surface area contributed by atoms with Gasteiger partial charge >= 0.3 is 5.97 Å². The molecule has 2 N–H and O–H groups in total. The minimum Gasteiger partial charge on any atom is -0.462 e. The number of benzene rings is 2. The number of rotatable bonds is 8. The number of hydrogen-bond acceptors (Lipinski definition) is 5. The van der Waals surface area contributed by atoms with Gasteiger partial charge in [0.25, 0.3) is 0 Å². The third kappa shape index (κ3) is 5.90. The monoisotopic (exact) mass is 404 g/mol. The van der Waals surface area contributed by atoms with Crippen molar-refractivity contribution in [2.45, 2.75) is 32.1 Å². The molecule has 8 heteroatoms. The van der Waals surface area contributed by atoms with E-state index in [0.29, 0.717) is 11.3 Å². The summed E-state index contributed by atoms with van der Waals surface area (Å²) in [5, 5.41) is 2.64. The van der Waals surface area contributed by atoms with E-state index >= 15 is 0 Å². The zero-order valence-electron chi connectivity index (χ0n) is 16.1. The van der Waals surface area contributed by atoms with Crippen LogP contribution in [0.1, 0.15) is 34.8 Å². The molecule has 0 heterocycles. The molecule has 0 aliphatic rings. The SMILES string of the molecule is CCOC(=O)c1cccc(NC(=O)CCNS(=O)(=O)c2ccc(C)c(C)c2)c1. The number of nitrogens with one attached hydrogen (secondary N) is 2. The molecule has 0 saturated heterocycles. The molecule has 2 aromatic carbocycles. The molecular weight excluding hydrogens is 380 g/mol.